The van der Waals surface area contributed by atoms with Crippen LogP contribution in [0.15, 0.2) is 200 Å². The van der Waals surface area contributed by atoms with Gasteiger partial charge in [0.05, 0.1) is 56.7 Å². The molecule has 0 aliphatic rings. The lowest BCUT2D eigenvalue weighted by atomic mass is 9.96. The molecule has 5 heteroatoms. The molecular weight excluding hydrogens is 868 g/mol. The Balaban J connectivity index is 1.27. The highest BCUT2D eigenvalue weighted by atomic mass is 19.1. The standard InChI is InChI=1S/C66H45FN4/c1-40-13-5-9-17-50(40)46-22-27-54-55-28-23-47(51-18-10-6-14-41(51)2)35-61(55)70(60(54)34-46)64-32-45(39-69)33-65(66(64)58-26-21-44(38-68)31-59(58)67)71-62-36-48(52-19-11-7-15-42(52)3)24-29-56(62)57-30-25-49(37-63(57)71)53-20-12-8-16-43(53)4/h5-37H,1-4H3. The second kappa shape index (κ2) is 17.0. The average Bonchev–Trinajstić information content (AvgIpc) is 3.90. The Kier molecular flexibility index (Phi) is 10.3. The molecule has 0 aliphatic heterocycles. The van der Waals surface area contributed by atoms with E-state index in [1.54, 1.807) is 12.1 Å². The highest BCUT2D eigenvalue weighted by molar-refractivity contribution is 6.14. The summed E-state index contributed by atoms with van der Waals surface area (Å²) in [6, 6.07) is 73.1. The summed E-state index contributed by atoms with van der Waals surface area (Å²) in [5, 5.41) is 25.4. The molecule has 2 heterocycles. The summed E-state index contributed by atoms with van der Waals surface area (Å²) in [6.45, 7) is 8.50. The molecule has 2 aromatic heterocycles. The third-order valence-electron chi connectivity index (χ3n) is 14.4. The molecule has 0 saturated carbocycles. The Labute approximate surface area is 412 Å². The zero-order valence-corrected chi connectivity index (χ0v) is 39.7. The van der Waals surface area contributed by atoms with E-state index in [0.717, 1.165) is 110 Å². The number of hydrogen-bond donors (Lipinski definition) is 0. The third kappa shape index (κ3) is 7.10. The first-order valence-electron chi connectivity index (χ1n) is 23.9. The maximum absolute atomic E-state index is 17.5. The molecule has 12 rings (SSSR count). The van der Waals surface area contributed by atoms with Crippen molar-refractivity contribution >= 4 is 43.6 Å². The van der Waals surface area contributed by atoms with Crippen molar-refractivity contribution in [3.05, 3.63) is 239 Å². The predicted octanol–water partition coefficient (Wildman–Crippen LogP) is 17.3. The fourth-order valence-electron chi connectivity index (χ4n) is 10.9. The highest BCUT2D eigenvalue weighted by Gasteiger charge is 2.26. The van der Waals surface area contributed by atoms with E-state index in [0.29, 0.717) is 28.1 Å². The molecule has 4 nitrogen and oxygen atoms in total. The van der Waals surface area contributed by atoms with Gasteiger partial charge in [-0.1, -0.05) is 146 Å². The lowest BCUT2D eigenvalue weighted by Crippen LogP contribution is -2.06. The van der Waals surface area contributed by atoms with E-state index in [1.165, 1.54) is 6.07 Å². The maximum Gasteiger partial charge on any atom is 0.132 e. The van der Waals surface area contributed by atoms with Crippen molar-refractivity contribution in [1.82, 2.24) is 9.13 Å². The lowest BCUT2D eigenvalue weighted by molar-refractivity contribution is 0.630. The molecule has 0 aliphatic carbocycles. The second-order valence-corrected chi connectivity index (χ2v) is 18.7. The van der Waals surface area contributed by atoms with Crippen LogP contribution in [0.2, 0.25) is 0 Å². The molecule has 0 unspecified atom stereocenters. The molecule has 71 heavy (non-hydrogen) atoms. The third-order valence-corrected chi connectivity index (χ3v) is 14.4. The van der Waals surface area contributed by atoms with E-state index in [-0.39, 0.29) is 5.56 Å². The number of halogens is 1. The summed E-state index contributed by atoms with van der Waals surface area (Å²) in [5.74, 6) is -0.541. The van der Waals surface area contributed by atoms with Gasteiger partial charge < -0.3 is 9.13 Å². The summed E-state index contributed by atoms with van der Waals surface area (Å²) in [4.78, 5) is 0. The summed E-state index contributed by atoms with van der Waals surface area (Å²) in [6.07, 6.45) is 0. The van der Waals surface area contributed by atoms with Crippen LogP contribution < -0.4 is 0 Å². The van der Waals surface area contributed by atoms with E-state index in [9.17, 15) is 10.5 Å². The molecule has 10 aromatic carbocycles. The van der Waals surface area contributed by atoms with Crippen molar-refractivity contribution in [2.45, 2.75) is 27.7 Å². The van der Waals surface area contributed by atoms with Crippen molar-refractivity contribution in [2.75, 3.05) is 0 Å². The van der Waals surface area contributed by atoms with Gasteiger partial charge >= 0.3 is 0 Å². The van der Waals surface area contributed by atoms with Gasteiger partial charge in [0.1, 0.15) is 5.82 Å². The minimum atomic E-state index is -0.541. The van der Waals surface area contributed by atoms with Crippen LogP contribution in [-0.4, -0.2) is 9.13 Å². The van der Waals surface area contributed by atoms with Crippen LogP contribution in [-0.2, 0) is 0 Å². The number of benzene rings is 10. The molecule has 0 radical (unpaired) electrons. The van der Waals surface area contributed by atoms with Gasteiger partial charge in [-0.05, 0) is 149 Å². The highest BCUT2D eigenvalue weighted by Crippen LogP contribution is 2.46. The van der Waals surface area contributed by atoms with E-state index >= 15 is 4.39 Å². The molecule has 0 amide bonds. The lowest BCUT2D eigenvalue weighted by Gasteiger charge is -2.22. The van der Waals surface area contributed by atoms with E-state index in [2.05, 4.69) is 219 Å². The van der Waals surface area contributed by atoms with Crippen LogP contribution in [0.5, 0.6) is 0 Å². The molecule has 336 valence electrons. The number of hydrogen-bond acceptors (Lipinski definition) is 2. The van der Waals surface area contributed by atoms with Crippen LogP contribution in [0.3, 0.4) is 0 Å². The van der Waals surface area contributed by atoms with Crippen molar-refractivity contribution < 1.29 is 4.39 Å². The normalized spacial score (nSPS) is 11.4. The van der Waals surface area contributed by atoms with Gasteiger partial charge in [0.15, 0.2) is 0 Å². The summed E-state index contributed by atoms with van der Waals surface area (Å²) >= 11 is 0. The van der Waals surface area contributed by atoms with Crippen molar-refractivity contribution in [3.8, 4) is 79.1 Å². The largest absolute Gasteiger partial charge is 0.308 e. The molecule has 12 aromatic rings. The van der Waals surface area contributed by atoms with Gasteiger partial charge in [-0.2, -0.15) is 10.5 Å². The van der Waals surface area contributed by atoms with Gasteiger partial charge in [-0.25, -0.2) is 4.39 Å². The molecule has 0 bridgehead atoms. The molecule has 0 fully saturated rings. The SMILES string of the molecule is Cc1ccccc1-c1ccc2c3ccc(-c4ccccc4C)cc3n(-c3cc(C#N)cc(-n4c5cc(-c6ccccc6C)ccc5c5ccc(-c6ccccc6C)cc54)c3-c3ccc(C#N)cc3F)c2c1. The molecular formula is C66H45FN4. The van der Waals surface area contributed by atoms with E-state index in [1.807, 2.05) is 12.1 Å². The Morgan fingerprint density at radius 2 is 0.662 bits per heavy atom. The number of fused-ring (bicyclic) bond motifs is 6. The van der Waals surface area contributed by atoms with Crippen LogP contribution in [0.25, 0.3) is 111 Å². The van der Waals surface area contributed by atoms with E-state index < -0.39 is 5.82 Å². The van der Waals surface area contributed by atoms with E-state index in [4.69, 9.17) is 0 Å². The smallest absolute Gasteiger partial charge is 0.132 e. The Hall–Kier alpha value is -9.29. The topological polar surface area (TPSA) is 57.4 Å². The quantitative estimate of drug-likeness (QED) is 0.160. The van der Waals surface area contributed by atoms with Gasteiger partial charge in [0.2, 0.25) is 0 Å². The van der Waals surface area contributed by atoms with Gasteiger partial charge in [0.25, 0.3) is 0 Å². The van der Waals surface area contributed by atoms with Crippen LogP contribution in [0.4, 0.5) is 4.39 Å². The summed E-state index contributed by atoms with van der Waals surface area (Å²) < 4.78 is 22.0. The van der Waals surface area contributed by atoms with Gasteiger partial charge in [0, 0.05) is 32.7 Å². The number of nitrogens with zero attached hydrogens (tertiary/aromatic N) is 4. The van der Waals surface area contributed by atoms with Gasteiger partial charge in [-0.15, -0.1) is 0 Å². The zero-order valence-electron chi connectivity index (χ0n) is 39.7. The minimum absolute atomic E-state index is 0.216. The number of nitriles is 2. The number of aryl methyl sites for hydroxylation is 4. The van der Waals surface area contributed by atoms with Crippen molar-refractivity contribution in [1.29, 1.82) is 10.5 Å². The molecule has 0 saturated heterocycles. The Bertz CT molecular complexity index is 3830. The monoisotopic (exact) mass is 912 g/mol. The predicted molar refractivity (Wildman–Crippen MR) is 291 cm³/mol. The first kappa shape index (κ1) is 43.0. The molecule has 0 spiro atoms. The summed E-state index contributed by atoms with van der Waals surface area (Å²) in [5.41, 5.74) is 19.6. The Morgan fingerprint density at radius 3 is 0.958 bits per heavy atom. The molecule has 0 atom stereocenters. The minimum Gasteiger partial charge on any atom is -0.308 e. The second-order valence-electron chi connectivity index (χ2n) is 18.7. The van der Waals surface area contributed by atoms with Crippen LogP contribution in [0, 0.1) is 56.2 Å². The average molecular weight is 913 g/mol. The fraction of sp³-hybridized carbons (Fsp3) is 0.0606. The Morgan fingerprint density at radius 1 is 0.338 bits per heavy atom. The van der Waals surface area contributed by atoms with Crippen molar-refractivity contribution in [3.63, 3.8) is 0 Å². The first-order chi connectivity index (χ1) is 34.7. The van der Waals surface area contributed by atoms with Crippen LogP contribution in [0.1, 0.15) is 33.4 Å². The van der Waals surface area contributed by atoms with Gasteiger partial charge in [-0.3, -0.25) is 0 Å². The maximum atomic E-state index is 17.5. The molecule has 0 N–H and O–H groups in total. The fourth-order valence-corrected chi connectivity index (χ4v) is 10.9. The van der Waals surface area contributed by atoms with Crippen molar-refractivity contribution in [2.24, 2.45) is 0 Å². The number of rotatable bonds is 7. The summed E-state index contributed by atoms with van der Waals surface area (Å²) in [7, 11) is 0. The van der Waals surface area contributed by atoms with Crippen LogP contribution >= 0.6 is 0 Å². The first-order valence-corrected chi connectivity index (χ1v) is 23.9. The number of aromatic nitrogens is 2. The zero-order chi connectivity index (χ0) is 48.5.